The molecule has 122 valence electrons. The number of halogens is 2. The zero-order chi connectivity index (χ0) is 13.8. The molecule has 0 unspecified atom stereocenters. The fraction of sp³-hybridized carbons (Fsp3) is 0.714. The molecule has 2 rings (SSSR count). The Balaban J connectivity index is 0.00000200. The first kappa shape index (κ1) is 20.2. The van der Waals surface area contributed by atoms with Crippen LogP contribution in [-0.4, -0.2) is 46.0 Å². The highest BCUT2D eigenvalue weighted by molar-refractivity contribution is 5.85. The maximum absolute atomic E-state index is 12.2. The third kappa shape index (κ3) is 5.16. The summed E-state index contributed by atoms with van der Waals surface area (Å²) < 4.78 is 2.09. The first-order valence-corrected chi connectivity index (χ1v) is 7.10. The van der Waals surface area contributed by atoms with Crippen molar-refractivity contribution in [2.45, 2.75) is 45.7 Å². The molecule has 1 aliphatic heterocycles. The average molecular weight is 337 g/mol. The molecule has 0 bridgehead atoms. The minimum atomic E-state index is 0. The van der Waals surface area contributed by atoms with Crippen LogP contribution in [-0.2, 0) is 11.3 Å². The van der Waals surface area contributed by atoms with Gasteiger partial charge in [0.15, 0.2) is 0 Å². The van der Waals surface area contributed by atoms with Gasteiger partial charge in [-0.15, -0.1) is 24.8 Å². The molecule has 0 spiro atoms. The lowest BCUT2D eigenvalue weighted by Gasteiger charge is -2.34. The number of hydrogen-bond acceptors (Lipinski definition) is 3. The van der Waals surface area contributed by atoms with E-state index in [1.807, 2.05) is 17.3 Å². The topological polar surface area (TPSA) is 50.2 Å². The van der Waals surface area contributed by atoms with Crippen molar-refractivity contribution >= 4 is 30.7 Å². The highest BCUT2D eigenvalue weighted by Crippen LogP contribution is 2.13. The number of rotatable bonds is 4. The van der Waals surface area contributed by atoms with E-state index in [-0.39, 0.29) is 30.7 Å². The van der Waals surface area contributed by atoms with E-state index in [9.17, 15) is 4.79 Å². The fourth-order valence-electron chi connectivity index (χ4n) is 2.58. The molecule has 1 amide bonds. The van der Waals surface area contributed by atoms with Crippen molar-refractivity contribution in [2.24, 2.45) is 0 Å². The van der Waals surface area contributed by atoms with Crippen LogP contribution in [0.2, 0.25) is 0 Å². The molecule has 1 fully saturated rings. The van der Waals surface area contributed by atoms with E-state index in [0.29, 0.717) is 18.4 Å². The van der Waals surface area contributed by atoms with Gasteiger partial charge >= 0.3 is 0 Å². The minimum absolute atomic E-state index is 0. The molecule has 1 aromatic heterocycles. The van der Waals surface area contributed by atoms with Crippen molar-refractivity contribution in [2.75, 3.05) is 19.6 Å². The van der Waals surface area contributed by atoms with Crippen LogP contribution >= 0.6 is 24.8 Å². The normalized spacial score (nSPS) is 18.1. The summed E-state index contributed by atoms with van der Waals surface area (Å²) in [6, 6.07) is 0.300. The summed E-state index contributed by atoms with van der Waals surface area (Å²) in [5, 5.41) is 3.30. The summed E-state index contributed by atoms with van der Waals surface area (Å²) in [7, 11) is 0. The van der Waals surface area contributed by atoms with Gasteiger partial charge in [0.1, 0.15) is 5.82 Å². The number of nitrogens with zero attached hydrogens (tertiary/aromatic N) is 3. The summed E-state index contributed by atoms with van der Waals surface area (Å²) in [5.41, 5.74) is 0. The lowest BCUT2D eigenvalue weighted by molar-refractivity contribution is -0.134. The fourth-order valence-corrected chi connectivity index (χ4v) is 2.58. The zero-order valence-corrected chi connectivity index (χ0v) is 14.5. The van der Waals surface area contributed by atoms with E-state index in [1.165, 1.54) is 0 Å². The van der Waals surface area contributed by atoms with Crippen LogP contribution in [0.15, 0.2) is 12.4 Å². The molecule has 2 heterocycles. The zero-order valence-electron chi connectivity index (χ0n) is 12.9. The first-order valence-electron chi connectivity index (χ1n) is 7.10. The number of carbonyl (C=O) groups excluding carboxylic acids is 1. The van der Waals surface area contributed by atoms with Gasteiger partial charge in [-0.2, -0.15) is 0 Å². The largest absolute Gasteiger partial charge is 0.337 e. The van der Waals surface area contributed by atoms with Gasteiger partial charge in [-0.05, 0) is 6.92 Å². The van der Waals surface area contributed by atoms with Crippen LogP contribution < -0.4 is 5.32 Å². The number of aryl methyl sites for hydroxylation is 1. The highest BCUT2D eigenvalue weighted by atomic mass is 35.5. The van der Waals surface area contributed by atoms with Crippen LogP contribution in [0.5, 0.6) is 0 Å². The molecular formula is C14H26Cl2N4O. The van der Waals surface area contributed by atoms with E-state index in [4.69, 9.17) is 0 Å². The second-order valence-corrected chi connectivity index (χ2v) is 5.52. The SMILES string of the molecule is CC(C)c1nccn1CCC(=O)N1CCNC[C@@H]1C.Cl.Cl. The molecule has 21 heavy (non-hydrogen) atoms. The van der Waals surface area contributed by atoms with Gasteiger partial charge in [0.25, 0.3) is 0 Å². The Bertz CT molecular complexity index is 436. The number of imidazole rings is 1. The standard InChI is InChI=1S/C14H24N4O.2ClH/c1-11(2)14-16-6-8-17(14)7-4-13(19)18-9-5-15-10-12(18)3;;/h6,8,11-12,15H,4-5,7,9-10H2,1-3H3;2*1H/t12-;;/m0../s1. The van der Waals surface area contributed by atoms with E-state index < -0.39 is 0 Å². The lowest BCUT2D eigenvalue weighted by atomic mass is 10.2. The van der Waals surface area contributed by atoms with Gasteiger partial charge < -0.3 is 14.8 Å². The van der Waals surface area contributed by atoms with Gasteiger partial charge in [-0.1, -0.05) is 13.8 Å². The van der Waals surface area contributed by atoms with Crippen LogP contribution in [0.1, 0.15) is 38.9 Å². The smallest absolute Gasteiger partial charge is 0.224 e. The van der Waals surface area contributed by atoms with Crippen molar-refractivity contribution in [3.05, 3.63) is 18.2 Å². The van der Waals surface area contributed by atoms with E-state index >= 15 is 0 Å². The maximum Gasteiger partial charge on any atom is 0.224 e. The molecule has 0 aliphatic carbocycles. The van der Waals surface area contributed by atoms with E-state index in [0.717, 1.165) is 32.0 Å². The first-order chi connectivity index (χ1) is 9.09. The average Bonchev–Trinajstić information content (AvgIpc) is 2.85. The molecule has 1 saturated heterocycles. The summed E-state index contributed by atoms with van der Waals surface area (Å²) in [6.45, 7) is 9.69. The molecule has 0 saturated carbocycles. The Hall–Kier alpha value is -0.780. The molecule has 1 atom stereocenters. The number of nitrogens with one attached hydrogen (secondary N) is 1. The van der Waals surface area contributed by atoms with Crippen molar-refractivity contribution in [1.29, 1.82) is 0 Å². The Morgan fingerprint density at radius 1 is 1.48 bits per heavy atom. The lowest BCUT2D eigenvalue weighted by Crippen LogP contribution is -2.52. The van der Waals surface area contributed by atoms with Crippen molar-refractivity contribution in [1.82, 2.24) is 19.8 Å². The monoisotopic (exact) mass is 336 g/mol. The molecule has 1 aromatic rings. The maximum atomic E-state index is 12.2. The van der Waals surface area contributed by atoms with Gasteiger partial charge in [0.2, 0.25) is 5.91 Å². The minimum Gasteiger partial charge on any atom is -0.337 e. The van der Waals surface area contributed by atoms with Crippen LogP contribution in [0.4, 0.5) is 0 Å². The second kappa shape index (κ2) is 9.28. The van der Waals surface area contributed by atoms with Crippen LogP contribution in [0.25, 0.3) is 0 Å². The summed E-state index contributed by atoms with van der Waals surface area (Å²) in [6.07, 6.45) is 4.33. The van der Waals surface area contributed by atoms with Crippen LogP contribution in [0.3, 0.4) is 0 Å². The Morgan fingerprint density at radius 2 is 2.19 bits per heavy atom. The highest BCUT2D eigenvalue weighted by Gasteiger charge is 2.22. The quantitative estimate of drug-likeness (QED) is 0.915. The Morgan fingerprint density at radius 3 is 2.81 bits per heavy atom. The number of carbonyl (C=O) groups is 1. The predicted octanol–water partition coefficient (Wildman–Crippen LogP) is 2.06. The van der Waals surface area contributed by atoms with Gasteiger partial charge in [-0.3, -0.25) is 4.79 Å². The molecule has 1 N–H and O–H groups in total. The van der Waals surface area contributed by atoms with E-state index in [1.54, 1.807) is 0 Å². The molecule has 5 nitrogen and oxygen atoms in total. The van der Waals surface area contributed by atoms with Gasteiger partial charge in [0, 0.05) is 57.0 Å². The number of piperazine rings is 1. The summed E-state index contributed by atoms with van der Waals surface area (Å²) in [5.74, 6) is 1.70. The third-order valence-corrected chi connectivity index (χ3v) is 3.65. The van der Waals surface area contributed by atoms with Gasteiger partial charge in [0.05, 0.1) is 0 Å². The molecule has 0 radical (unpaired) electrons. The summed E-state index contributed by atoms with van der Waals surface area (Å²) >= 11 is 0. The molecular weight excluding hydrogens is 311 g/mol. The number of hydrogen-bond donors (Lipinski definition) is 1. The van der Waals surface area contributed by atoms with Crippen molar-refractivity contribution in [3.8, 4) is 0 Å². The van der Waals surface area contributed by atoms with Gasteiger partial charge in [-0.25, -0.2) is 4.98 Å². The summed E-state index contributed by atoms with van der Waals surface area (Å²) in [4.78, 5) is 18.6. The predicted molar refractivity (Wildman–Crippen MR) is 89.5 cm³/mol. The number of amides is 1. The Kier molecular flexibility index (Phi) is 8.94. The van der Waals surface area contributed by atoms with Crippen molar-refractivity contribution < 1.29 is 4.79 Å². The Labute approximate surface area is 139 Å². The molecule has 7 heteroatoms. The second-order valence-electron chi connectivity index (χ2n) is 5.52. The molecule has 0 aromatic carbocycles. The molecule has 1 aliphatic rings. The van der Waals surface area contributed by atoms with E-state index in [2.05, 4.69) is 35.6 Å². The third-order valence-electron chi connectivity index (χ3n) is 3.65. The van der Waals surface area contributed by atoms with Crippen molar-refractivity contribution in [3.63, 3.8) is 0 Å². The number of aromatic nitrogens is 2. The van der Waals surface area contributed by atoms with Crippen LogP contribution in [0, 0.1) is 0 Å².